The van der Waals surface area contributed by atoms with Gasteiger partial charge in [0.05, 0.1) is 17.7 Å². The fourth-order valence-electron chi connectivity index (χ4n) is 3.49. The molecule has 0 aliphatic rings. The number of carbonyl (C=O) groups is 2. The van der Waals surface area contributed by atoms with E-state index in [0.29, 0.717) is 24.2 Å². The quantitative estimate of drug-likeness (QED) is 0.112. The van der Waals surface area contributed by atoms with Crippen LogP contribution in [0.4, 0.5) is 0 Å². The van der Waals surface area contributed by atoms with Crippen LogP contribution in [-0.2, 0) is 37.1 Å². The predicted molar refractivity (Wildman–Crippen MR) is 141 cm³/mol. The maximum absolute atomic E-state index is 12.4. The zero-order valence-electron chi connectivity index (χ0n) is 22.2. The molecule has 0 aliphatic carbocycles. The first-order valence-corrected chi connectivity index (χ1v) is 13.3. The lowest BCUT2D eigenvalue weighted by molar-refractivity contribution is -0.364. The summed E-state index contributed by atoms with van der Waals surface area (Å²) in [6, 6.07) is 14.4. The number of hydrogen-bond donors (Lipinski definition) is 0. The second-order valence-corrected chi connectivity index (χ2v) is 8.80. The highest BCUT2D eigenvalue weighted by Gasteiger charge is 2.22. The third-order valence-electron chi connectivity index (χ3n) is 5.68. The van der Waals surface area contributed by atoms with Gasteiger partial charge in [0.1, 0.15) is 0 Å². The number of ether oxygens (including phenoxy) is 1. The summed E-state index contributed by atoms with van der Waals surface area (Å²) in [5.74, 6) is -1.38. The van der Waals surface area contributed by atoms with Gasteiger partial charge in [-0.25, -0.2) is 9.59 Å². The van der Waals surface area contributed by atoms with Gasteiger partial charge in [-0.15, -0.1) is 9.78 Å². The average Bonchev–Trinajstić information content (AvgIpc) is 2.92. The zero-order chi connectivity index (χ0) is 26.7. The standard InChI is InChI=1S/C30H40O7/c1-4-7-9-11-24-13-17-26(18-14-24)29(31)36-34-28(21-23-33-22-6-3)35-37-30(32)27-19-15-25(16-20-27)12-10-8-5-2/h13-20H,3-12,21-23H2,1-2H3. The first kappa shape index (κ1) is 30.5. The first-order valence-electron chi connectivity index (χ1n) is 13.3. The van der Waals surface area contributed by atoms with Crippen LogP contribution in [-0.4, -0.2) is 25.2 Å². The highest BCUT2D eigenvalue weighted by Crippen LogP contribution is 2.17. The van der Waals surface area contributed by atoms with E-state index in [9.17, 15) is 9.59 Å². The summed E-state index contributed by atoms with van der Waals surface area (Å²) in [6.45, 7) is 8.69. The maximum atomic E-state index is 12.4. The maximum Gasteiger partial charge on any atom is 0.373 e. The number of benzene rings is 2. The number of aryl methyl sites for hydroxylation is 2. The van der Waals surface area contributed by atoms with E-state index in [4.69, 9.17) is 24.3 Å². The third-order valence-corrected chi connectivity index (χ3v) is 5.68. The molecule has 0 aliphatic heterocycles. The smallest absolute Gasteiger partial charge is 0.373 e. The third kappa shape index (κ3) is 12.4. The van der Waals surface area contributed by atoms with Crippen molar-refractivity contribution in [2.45, 2.75) is 78.1 Å². The Balaban J connectivity index is 1.86. The summed E-state index contributed by atoms with van der Waals surface area (Å²) >= 11 is 0. The molecule has 0 amide bonds. The van der Waals surface area contributed by atoms with Gasteiger partial charge >= 0.3 is 18.2 Å². The molecule has 37 heavy (non-hydrogen) atoms. The Morgan fingerprint density at radius 2 is 1.11 bits per heavy atom. The van der Waals surface area contributed by atoms with E-state index in [-0.39, 0.29) is 19.3 Å². The Morgan fingerprint density at radius 1 is 0.649 bits per heavy atom. The van der Waals surface area contributed by atoms with Crippen molar-refractivity contribution >= 4 is 11.9 Å². The second-order valence-electron chi connectivity index (χ2n) is 8.80. The fraction of sp³-hybridized carbons (Fsp3) is 0.467. The zero-order valence-corrected chi connectivity index (χ0v) is 22.2. The van der Waals surface area contributed by atoms with Gasteiger partial charge in [0.25, 0.3) is 0 Å². The van der Waals surface area contributed by atoms with Crippen molar-refractivity contribution in [2.24, 2.45) is 0 Å². The lowest BCUT2D eigenvalue weighted by atomic mass is 10.1. The van der Waals surface area contributed by atoms with Crippen LogP contribution >= 0.6 is 0 Å². The van der Waals surface area contributed by atoms with Crippen molar-refractivity contribution < 1.29 is 33.9 Å². The van der Waals surface area contributed by atoms with Gasteiger partial charge in [0.15, 0.2) is 0 Å². The van der Waals surface area contributed by atoms with Gasteiger partial charge in [0.2, 0.25) is 0 Å². The molecule has 0 saturated heterocycles. The van der Waals surface area contributed by atoms with Crippen LogP contribution in [0.2, 0.25) is 0 Å². The van der Waals surface area contributed by atoms with Crippen LogP contribution in [0.5, 0.6) is 0 Å². The summed E-state index contributed by atoms with van der Waals surface area (Å²) in [7, 11) is 0. The Hall–Kier alpha value is -2.74. The minimum absolute atomic E-state index is 0.0906. The minimum atomic E-state index is -0.690. The van der Waals surface area contributed by atoms with E-state index in [0.717, 1.165) is 49.7 Å². The lowest BCUT2D eigenvalue weighted by Gasteiger charge is -2.14. The summed E-state index contributed by atoms with van der Waals surface area (Å²) in [5.41, 5.74) is 2.99. The van der Waals surface area contributed by atoms with Crippen molar-refractivity contribution in [1.82, 2.24) is 0 Å². The van der Waals surface area contributed by atoms with Crippen LogP contribution in [0.25, 0.3) is 0 Å². The predicted octanol–water partition coefficient (Wildman–Crippen LogP) is 7.15. The van der Waals surface area contributed by atoms with Gasteiger partial charge in [-0.2, -0.15) is 0 Å². The summed E-state index contributed by atoms with van der Waals surface area (Å²) < 4.78 is 5.38. The topological polar surface area (TPSA) is 80.3 Å². The van der Waals surface area contributed by atoms with Crippen molar-refractivity contribution in [1.29, 1.82) is 0 Å². The van der Waals surface area contributed by atoms with Gasteiger partial charge in [-0.05, 0) is 67.5 Å². The SMILES string of the molecule is [CH2]CCOCC[C](OOC(=O)c1ccc(CCCCC)cc1)OOC(=O)c1ccc(CCCCC)cc1. The Labute approximate surface area is 221 Å². The van der Waals surface area contributed by atoms with Crippen molar-refractivity contribution in [3.05, 3.63) is 84.0 Å². The normalized spacial score (nSPS) is 11.0. The molecule has 2 rings (SSSR count). The molecule has 0 spiro atoms. The molecular formula is C30H40O7. The summed E-state index contributed by atoms with van der Waals surface area (Å²) in [4.78, 5) is 44.9. The minimum Gasteiger partial charge on any atom is -0.381 e. The Bertz CT molecular complexity index is 824. The molecule has 0 heterocycles. The van der Waals surface area contributed by atoms with E-state index in [2.05, 4.69) is 20.8 Å². The number of hydrogen-bond acceptors (Lipinski definition) is 7. The largest absolute Gasteiger partial charge is 0.381 e. The van der Waals surface area contributed by atoms with E-state index in [1.54, 1.807) is 24.3 Å². The molecule has 0 N–H and O–H groups in total. The molecule has 0 saturated carbocycles. The van der Waals surface area contributed by atoms with E-state index < -0.39 is 11.9 Å². The molecule has 202 valence electrons. The van der Waals surface area contributed by atoms with Crippen LogP contribution < -0.4 is 0 Å². The van der Waals surface area contributed by atoms with E-state index in [1.165, 1.54) is 12.8 Å². The molecule has 2 aromatic rings. The van der Waals surface area contributed by atoms with Gasteiger partial charge < -0.3 is 4.74 Å². The Morgan fingerprint density at radius 3 is 1.51 bits per heavy atom. The monoisotopic (exact) mass is 512 g/mol. The number of unbranched alkanes of at least 4 members (excludes halogenated alkanes) is 4. The summed E-state index contributed by atoms with van der Waals surface area (Å²) in [6.07, 6.45) is 9.28. The molecule has 0 unspecified atom stereocenters. The van der Waals surface area contributed by atoms with Crippen molar-refractivity contribution in [2.75, 3.05) is 13.2 Å². The average molecular weight is 513 g/mol. The highest BCUT2D eigenvalue weighted by molar-refractivity contribution is 5.89. The molecular weight excluding hydrogens is 472 g/mol. The van der Waals surface area contributed by atoms with Crippen LogP contribution in [0.15, 0.2) is 48.5 Å². The van der Waals surface area contributed by atoms with Crippen LogP contribution in [0, 0.1) is 13.2 Å². The van der Waals surface area contributed by atoms with Gasteiger partial charge in [0, 0.05) is 13.0 Å². The fourth-order valence-corrected chi connectivity index (χ4v) is 3.49. The number of carbonyl (C=O) groups excluding carboxylic acids is 2. The van der Waals surface area contributed by atoms with Gasteiger partial charge in [-0.3, -0.25) is 9.78 Å². The molecule has 7 nitrogen and oxygen atoms in total. The van der Waals surface area contributed by atoms with Crippen LogP contribution in [0.3, 0.4) is 0 Å². The lowest BCUT2D eigenvalue weighted by Crippen LogP contribution is -2.17. The van der Waals surface area contributed by atoms with Crippen molar-refractivity contribution in [3.63, 3.8) is 0 Å². The molecule has 7 heteroatoms. The molecule has 2 radical (unpaired) electrons. The molecule has 2 aromatic carbocycles. The molecule has 0 bridgehead atoms. The van der Waals surface area contributed by atoms with Crippen LogP contribution in [0.1, 0.15) is 97.1 Å². The molecule has 0 aromatic heterocycles. The Kier molecular flexibility index (Phi) is 15.2. The first-order chi connectivity index (χ1) is 18.1. The molecule has 0 atom stereocenters. The van der Waals surface area contributed by atoms with Gasteiger partial charge in [-0.1, -0.05) is 70.7 Å². The second kappa shape index (κ2) is 18.5. The van der Waals surface area contributed by atoms with E-state index in [1.807, 2.05) is 24.3 Å². The summed E-state index contributed by atoms with van der Waals surface area (Å²) in [5, 5.41) is 0. The number of rotatable bonds is 19. The van der Waals surface area contributed by atoms with Crippen molar-refractivity contribution in [3.8, 4) is 0 Å². The highest BCUT2D eigenvalue weighted by atomic mass is 17.3. The van der Waals surface area contributed by atoms with E-state index >= 15 is 0 Å². The molecule has 0 fully saturated rings.